The monoisotopic (exact) mass is 298 g/mol. The molecular formula is C14H19BrO2. The average molecular weight is 299 g/mol. The summed E-state index contributed by atoms with van der Waals surface area (Å²) in [6, 6.07) is 3.78. The Morgan fingerprint density at radius 2 is 2.00 bits per heavy atom. The van der Waals surface area contributed by atoms with Crippen molar-refractivity contribution in [3.63, 3.8) is 0 Å². The molecule has 3 heteroatoms. The van der Waals surface area contributed by atoms with Gasteiger partial charge in [0, 0.05) is 10.9 Å². The highest BCUT2D eigenvalue weighted by Gasteiger charge is 2.21. The fourth-order valence-electron chi connectivity index (χ4n) is 1.80. The van der Waals surface area contributed by atoms with E-state index in [1.807, 2.05) is 26.8 Å². The maximum atomic E-state index is 11.0. The number of phenolic OH excluding ortho intramolecular Hbond substituents is 1. The maximum absolute atomic E-state index is 11.0. The molecule has 94 valence electrons. The molecule has 0 spiro atoms. The minimum absolute atomic E-state index is 0.120. The van der Waals surface area contributed by atoms with Crippen molar-refractivity contribution in [3.8, 4) is 5.75 Å². The summed E-state index contributed by atoms with van der Waals surface area (Å²) in [5.74, 6) is 0.120. The minimum atomic E-state index is -0.160. The largest absolute Gasteiger partial charge is 0.507 e. The first-order valence-electron chi connectivity index (χ1n) is 5.77. The van der Waals surface area contributed by atoms with Crippen LogP contribution in [-0.2, 0) is 11.8 Å². The van der Waals surface area contributed by atoms with E-state index in [0.29, 0.717) is 5.56 Å². The van der Waals surface area contributed by atoms with Gasteiger partial charge < -0.3 is 5.11 Å². The average Bonchev–Trinajstić information content (AvgIpc) is 2.26. The molecule has 1 rings (SSSR count). The van der Waals surface area contributed by atoms with Crippen LogP contribution in [0, 0.1) is 0 Å². The van der Waals surface area contributed by atoms with Crippen LogP contribution >= 0.6 is 15.9 Å². The van der Waals surface area contributed by atoms with Crippen LogP contribution in [0.4, 0.5) is 0 Å². The molecule has 0 aliphatic rings. The van der Waals surface area contributed by atoms with Crippen LogP contribution in [0.3, 0.4) is 0 Å². The molecule has 2 nitrogen and oxygen atoms in total. The van der Waals surface area contributed by atoms with Gasteiger partial charge >= 0.3 is 0 Å². The predicted octanol–water partition coefficient (Wildman–Crippen LogP) is 3.83. The SMILES string of the molecule is CC(C)(C)c1cc(CCCBr)cc(C=O)c1O. The second kappa shape index (κ2) is 5.67. The van der Waals surface area contributed by atoms with Gasteiger partial charge in [-0.05, 0) is 29.9 Å². The Hall–Kier alpha value is -0.830. The molecule has 0 aromatic heterocycles. The zero-order valence-corrected chi connectivity index (χ0v) is 12.2. The number of aldehydes is 1. The summed E-state index contributed by atoms with van der Waals surface area (Å²) < 4.78 is 0. The lowest BCUT2D eigenvalue weighted by Crippen LogP contribution is -2.13. The quantitative estimate of drug-likeness (QED) is 0.677. The molecule has 0 saturated carbocycles. The van der Waals surface area contributed by atoms with Crippen molar-refractivity contribution >= 4 is 22.2 Å². The lowest BCUT2D eigenvalue weighted by molar-refractivity contribution is 0.112. The van der Waals surface area contributed by atoms with Gasteiger partial charge in [0.15, 0.2) is 6.29 Å². The molecule has 0 amide bonds. The van der Waals surface area contributed by atoms with Gasteiger partial charge in [-0.15, -0.1) is 0 Å². The van der Waals surface area contributed by atoms with Crippen LogP contribution in [-0.4, -0.2) is 16.7 Å². The molecule has 0 radical (unpaired) electrons. The first-order valence-corrected chi connectivity index (χ1v) is 6.89. The number of carbonyl (C=O) groups excluding carboxylic acids is 1. The van der Waals surface area contributed by atoms with Gasteiger partial charge in [0.1, 0.15) is 5.75 Å². The lowest BCUT2D eigenvalue weighted by atomic mass is 9.83. The molecule has 0 aliphatic carbocycles. The first-order chi connectivity index (χ1) is 7.90. The van der Waals surface area contributed by atoms with E-state index in [1.165, 1.54) is 0 Å². The fourth-order valence-corrected chi connectivity index (χ4v) is 2.08. The molecule has 0 atom stereocenters. The van der Waals surface area contributed by atoms with Gasteiger partial charge in [0.25, 0.3) is 0 Å². The number of halogens is 1. The molecule has 1 N–H and O–H groups in total. The molecule has 0 fully saturated rings. The van der Waals surface area contributed by atoms with Crippen LogP contribution < -0.4 is 0 Å². The van der Waals surface area contributed by atoms with Crippen molar-refractivity contribution in [2.45, 2.75) is 39.0 Å². The van der Waals surface area contributed by atoms with Gasteiger partial charge in [-0.2, -0.15) is 0 Å². The smallest absolute Gasteiger partial charge is 0.153 e. The Morgan fingerprint density at radius 1 is 1.35 bits per heavy atom. The number of alkyl halides is 1. The summed E-state index contributed by atoms with van der Waals surface area (Å²) >= 11 is 3.40. The van der Waals surface area contributed by atoms with Crippen molar-refractivity contribution in [1.82, 2.24) is 0 Å². The lowest BCUT2D eigenvalue weighted by Gasteiger charge is -2.22. The van der Waals surface area contributed by atoms with Crippen LogP contribution in [0.1, 0.15) is 48.7 Å². The topological polar surface area (TPSA) is 37.3 Å². The molecule has 0 bridgehead atoms. The van der Waals surface area contributed by atoms with E-state index >= 15 is 0 Å². The number of hydrogen-bond donors (Lipinski definition) is 1. The number of benzene rings is 1. The Bertz CT molecular complexity index is 405. The van der Waals surface area contributed by atoms with Crippen molar-refractivity contribution in [1.29, 1.82) is 0 Å². The predicted molar refractivity (Wildman–Crippen MR) is 74.3 cm³/mol. The third kappa shape index (κ3) is 3.56. The third-order valence-corrected chi connectivity index (χ3v) is 3.29. The summed E-state index contributed by atoms with van der Waals surface area (Å²) in [4.78, 5) is 11.0. The summed E-state index contributed by atoms with van der Waals surface area (Å²) in [6.07, 6.45) is 2.66. The van der Waals surface area contributed by atoms with E-state index in [1.54, 1.807) is 6.07 Å². The summed E-state index contributed by atoms with van der Waals surface area (Å²) in [5, 5.41) is 11.0. The summed E-state index contributed by atoms with van der Waals surface area (Å²) in [5.41, 5.74) is 2.18. The molecule has 0 saturated heterocycles. The van der Waals surface area contributed by atoms with E-state index in [4.69, 9.17) is 0 Å². The second-order valence-electron chi connectivity index (χ2n) is 5.24. The van der Waals surface area contributed by atoms with Gasteiger partial charge in [0.2, 0.25) is 0 Å². The number of hydrogen-bond acceptors (Lipinski definition) is 2. The van der Waals surface area contributed by atoms with Gasteiger partial charge in [0.05, 0.1) is 5.56 Å². The van der Waals surface area contributed by atoms with E-state index in [9.17, 15) is 9.90 Å². The number of aryl methyl sites for hydroxylation is 1. The van der Waals surface area contributed by atoms with E-state index in [-0.39, 0.29) is 11.2 Å². The molecule has 1 aromatic carbocycles. The normalized spacial score (nSPS) is 11.5. The van der Waals surface area contributed by atoms with E-state index < -0.39 is 0 Å². The van der Waals surface area contributed by atoms with Crippen LogP contribution in [0.25, 0.3) is 0 Å². The summed E-state index contributed by atoms with van der Waals surface area (Å²) in [7, 11) is 0. The zero-order chi connectivity index (χ0) is 13.1. The fraction of sp³-hybridized carbons (Fsp3) is 0.500. The van der Waals surface area contributed by atoms with Gasteiger partial charge in [-0.25, -0.2) is 0 Å². The third-order valence-electron chi connectivity index (χ3n) is 2.73. The highest BCUT2D eigenvalue weighted by molar-refractivity contribution is 9.09. The van der Waals surface area contributed by atoms with E-state index in [2.05, 4.69) is 15.9 Å². The highest BCUT2D eigenvalue weighted by atomic mass is 79.9. The van der Waals surface area contributed by atoms with Crippen LogP contribution in [0.15, 0.2) is 12.1 Å². The number of aromatic hydroxyl groups is 1. The standard InChI is InChI=1S/C14H19BrO2/c1-14(2,3)12-8-10(5-4-6-15)7-11(9-16)13(12)17/h7-9,17H,4-6H2,1-3H3. The van der Waals surface area contributed by atoms with E-state index in [0.717, 1.165) is 35.6 Å². The molecule has 17 heavy (non-hydrogen) atoms. The zero-order valence-electron chi connectivity index (χ0n) is 10.6. The van der Waals surface area contributed by atoms with Crippen molar-refractivity contribution in [3.05, 3.63) is 28.8 Å². The minimum Gasteiger partial charge on any atom is -0.507 e. The van der Waals surface area contributed by atoms with Gasteiger partial charge in [-0.1, -0.05) is 42.8 Å². The molecule has 0 heterocycles. The Balaban J connectivity index is 3.24. The molecule has 0 unspecified atom stereocenters. The Morgan fingerprint density at radius 3 is 2.47 bits per heavy atom. The number of carbonyl (C=O) groups is 1. The Kier molecular flexibility index (Phi) is 4.75. The van der Waals surface area contributed by atoms with Crippen molar-refractivity contribution < 1.29 is 9.90 Å². The van der Waals surface area contributed by atoms with Crippen molar-refractivity contribution in [2.24, 2.45) is 0 Å². The van der Waals surface area contributed by atoms with Crippen LogP contribution in [0.5, 0.6) is 5.75 Å². The number of rotatable bonds is 4. The molecule has 0 aliphatic heterocycles. The molecular weight excluding hydrogens is 280 g/mol. The van der Waals surface area contributed by atoms with Gasteiger partial charge in [-0.3, -0.25) is 4.79 Å². The second-order valence-corrected chi connectivity index (χ2v) is 6.03. The van der Waals surface area contributed by atoms with Crippen molar-refractivity contribution in [2.75, 3.05) is 5.33 Å². The first kappa shape index (κ1) is 14.2. The summed E-state index contributed by atoms with van der Waals surface area (Å²) in [6.45, 7) is 6.10. The number of phenols is 1. The maximum Gasteiger partial charge on any atom is 0.153 e. The highest BCUT2D eigenvalue weighted by Crippen LogP contribution is 2.34. The molecule has 1 aromatic rings. The van der Waals surface area contributed by atoms with Crippen LogP contribution in [0.2, 0.25) is 0 Å². The Labute approximate surface area is 111 Å².